The Hall–Kier alpha value is -1.85. The Labute approximate surface area is 91.6 Å². The van der Waals surface area contributed by atoms with Crippen molar-refractivity contribution in [3.63, 3.8) is 0 Å². The van der Waals surface area contributed by atoms with Crippen molar-refractivity contribution in [2.75, 3.05) is 0 Å². The maximum atomic E-state index is 10.9. The third-order valence-corrected chi connectivity index (χ3v) is 2.99. The van der Waals surface area contributed by atoms with Gasteiger partial charge in [0.15, 0.2) is 0 Å². The van der Waals surface area contributed by atoms with Crippen molar-refractivity contribution in [3.05, 3.63) is 28.1 Å². The molecule has 6 nitrogen and oxygen atoms in total. The first-order chi connectivity index (χ1) is 7.58. The van der Waals surface area contributed by atoms with Crippen LogP contribution in [0.1, 0.15) is 29.8 Å². The van der Waals surface area contributed by atoms with E-state index in [2.05, 4.69) is 0 Å². The Kier molecular flexibility index (Phi) is 2.64. The molecule has 1 N–H and O–H groups in total. The van der Waals surface area contributed by atoms with E-state index in [4.69, 9.17) is 5.11 Å². The maximum absolute atomic E-state index is 10.9. The molecule has 0 unspecified atom stereocenters. The van der Waals surface area contributed by atoms with E-state index in [1.165, 1.54) is 10.8 Å². The fourth-order valence-electron chi connectivity index (χ4n) is 1.88. The highest BCUT2D eigenvalue weighted by Gasteiger charge is 2.23. The minimum absolute atomic E-state index is 0.00130. The van der Waals surface area contributed by atoms with Gasteiger partial charge in [0.25, 0.3) is 5.69 Å². The van der Waals surface area contributed by atoms with E-state index in [-0.39, 0.29) is 11.4 Å². The molecule has 0 aliphatic heterocycles. The van der Waals surface area contributed by atoms with Crippen LogP contribution in [0.5, 0.6) is 0 Å². The summed E-state index contributed by atoms with van der Waals surface area (Å²) < 4.78 is 1.48. The highest BCUT2D eigenvalue weighted by molar-refractivity contribution is 5.86. The van der Waals surface area contributed by atoms with Gasteiger partial charge >= 0.3 is 5.97 Å². The summed E-state index contributed by atoms with van der Waals surface area (Å²) >= 11 is 0. The van der Waals surface area contributed by atoms with Crippen molar-refractivity contribution in [1.82, 2.24) is 4.57 Å². The van der Waals surface area contributed by atoms with Gasteiger partial charge in [0.1, 0.15) is 5.69 Å². The lowest BCUT2D eigenvalue weighted by molar-refractivity contribution is -0.384. The monoisotopic (exact) mass is 224 g/mol. The number of hydrogen-bond acceptors (Lipinski definition) is 3. The van der Waals surface area contributed by atoms with Gasteiger partial charge < -0.3 is 9.67 Å². The predicted molar refractivity (Wildman–Crippen MR) is 55.4 cm³/mol. The average Bonchev–Trinajstić information content (AvgIpc) is 2.55. The molecule has 0 bridgehead atoms. The molecule has 2 rings (SSSR count). The van der Waals surface area contributed by atoms with E-state index in [1.54, 1.807) is 0 Å². The quantitative estimate of drug-likeness (QED) is 0.625. The summed E-state index contributed by atoms with van der Waals surface area (Å²) in [5, 5.41) is 19.5. The van der Waals surface area contributed by atoms with Crippen LogP contribution in [0.3, 0.4) is 0 Å². The molecule has 0 amide bonds. The standard InChI is InChI=1S/C10H12N2O4/c13-10(14)9-4-8(12(15)16)6-11(9)5-7-2-1-3-7/h4,6-7H,1-3,5H2,(H,13,14). The first-order valence-corrected chi connectivity index (χ1v) is 5.16. The molecular formula is C10H12N2O4. The SMILES string of the molecule is O=C(O)c1cc([N+](=O)[O-])cn1CC1CCC1. The van der Waals surface area contributed by atoms with Gasteiger partial charge in [0, 0.05) is 12.6 Å². The second-order valence-electron chi connectivity index (χ2n) is 4.10. The van der Waals surface area contributed by atoms with Crippen LogP contribution >= 0.6 is 0 Å². The molecule has 1 saturated carbocycles. The number of nitrogens with zero attached hydrogens (tertiary/aromatic N) is 2. The van der Waals surface area contributed by atoms with Gasteiger partial charge in [-0.1, -0.05) is 6.42 Å². The molecule has 1 aliphatic carbocycles. The number of nitro groups is 1. The van der Waals surface area contributed by atoms with Crippen molar-refractivity contribution in [3.8, 4) is 0 Å². The van der Waals surface area contributed by atoms with Crippen LogP contribution in [-0.2, 0) is 6.54 Å². The van der Waals surface area contributed by atoms with E-state index < -0.39 is 10.9 Å². The Morgan fingerprint density at radius 1 is 1.62 bits per heavy atom. The normalized spacial score (nSPS) is 15.8. The Bertz CT molecular complexity index is 434. The molecule has 1 aliphatic rings. The maximum Gasteiger partial charge on any atom is 0.352 e. The van der Waals surface area contributed by atoms with Crippen LogP contribution in [0.25, 0.3) is 0 Å². The number of hydrogen-bond donors (Lipinski definition) is 1. The molecular weight excluding hydrogens is 212 g/mol. The topological polar surface area (TPSA) is 85.4 Å². The minimum Gasteiger partial charge on any atom is -0.477 e. The van der Waals surface area contributed by atoms with E-state index in [1.807, 2.05) is 0 Å². The Morgan fingerprint density at radius 3 is 2.75 bits per heavy atom. The second kappa shape index (κ2) is 3.96. The fourth-order valence-corrected chi connectivity index (χ4v) is 1.88. The van der Waals surface area contributed by atoms with E-state index in [0.29, 0.717) is 12.5 Å². The van der Waals surface area contributed by atoms with Gasteiger partial charge in [-0.05, 0) is 18.8 Å². The molecule has 0 saturated heterocycles. The van der Waals surface area contributed by atoms with Crippen molar-refractivity contribution in [1.29, 1.82) is 0 Å². The molecule has 1 aromatic heterocycles. The molecule has 0 aromatic carbocycles. The van der Waals surface area contributed by atoms with Gasteiger partial charge in [-0.2, -0.15) is 0 Å². The summed E-state index contributed by atoms with van der Waals surface area (Å²) in [4.78, 5) is 20.9. The summed E-state index contributed by atoms with van der Waals surface area (Å²) in [5.41, 5.74) is -0.157. The lowest BCUT2D eigenvalue weighted by Crippen LogP contribution is -2.20. The highest BCUT2D eigenvalue weighted by Crippen LogP contribution is 2.29. The molecule has 1 heterocycles. The van der Waals surface area contributed by atoms with Gasteiger partial charge in [0.05, 0.1) is 11.1 Å². The lowest BCUT2D eigenvalue weighted by Gasteiger charge is -2.25. The average molecular weight is 224 g/mol. The van der Waals surface area contributed by atoms with Crippen LogP contribution in [0.2, 0.25) is 0 Å². The van der Waals surface area contributed by atoms with Crippen molar-refractivity contribution in [2.24, 2.45) is 5.92 Å². The number of rotatable bonds is 4. The molecule has 0 radical (unpaired) electrons. The summed E-state index contributed by atoms with van der Waals surface area (Å²) in [7, 11) is 0. The van der Waals surface area contributed by atoms with E-state index in [0.717, 1.165) is 25.3 Å². The van der Waals surface area contributed by atoms with Crippen LogP contribution in [-0.4, -0.2) is 20.6 Å². The fraction of sp³-hybridized carbons (Fsp3) is 0.500. The first kappa shape index (κ1) is 10.7. The zero-order chi connectivity index (χ0) is 11.7. The predicted octanol–water partition coefficient (Wildman–Crippen LogP) is 1.89. The summed E-state index contributed by atoms with van der Waals surface area (Å²) in [6.07, 6.45) is 4.62. The number of carboxylic acid groups (broad SMARTS) is 1. The van der Waals surface area contributed by atoms with Crippen LogP contribution in [0.15, 0.2) is 12.3 Å². The minimum atomic E-state index is -1.12. The zero-order valence-corrected chi connectivity index (χ0v) is 8.63. The van der Waals surface area contributed by atoms with Gasteiger partial charge in [-0.3, -0.25) is 10.1 Å². The van der Waals surface area contributed by atoms with Crippen molar-refractivity contribution in [2.45, 2.75) is 25.8 Å². The van der Waals surface area contributed by atoms with Crippen LogP contribution < -0.4 is 0 Å². The van der Waals surface area contributed by atoms with E-state index in [9.17, 15) is 14.9 Å². The van der Waals surface area contributed by atoms with Gasteiger partial charge in [-0.25, -0.2) is 4.79 Å². The number of aromatic carboxylic acids is 1. The molecule has 1 aromatic rings. The number of carbonyl (C=O) groups is 1. The molecule has 6 heteroatoms. The van der Waals surface area contributed by atoms with Crippen LogP contribution in [0.4, 0.5) is 5.69 Å². The van der Waals surface area contributed by atoms with Crippen LogP contribution in [0, 0.1) is 16.0 Å². The zero-order valence-electron chi connectivity index (χ0n) is 8.63. The summed E-state index contributed by atoms with van der Waals surface area (Å²) in [5.74, 6) is -0.655. The largest absolute Gasteiger partial charge is 0.477 e. The second-order valence-corrected chi connectivity index (χ2v) is 4.10. The van der Waals surface area contributed by atoms with Crippen molar-refractivity contribution >= 4 is 11.7 Å². The summed E-state index contributed by atoms with van der Waals surface area (Å²) in [6.45, 7) is 0.565. The number of carboxylic acids is 1. The summed E-state index contributed by atoms with van der Waals surface area (Å²) in [6, 6.07) is 1.11. The third kappa shape index (κ3) is 1.91. The Morgan fingerprint density at radius 2 is 2.31 bits per heavy atom. The lowest BCUT2D eigenvalue weighted by atomic mass is 9.85. The van der Waals surface area contributed by atoms with Crippen molar-refractivity contribution < 1.29 is 14.8 Å². The highest BCUT2D eigenvalue weighted by atomic mass is 16.6. The first-order valence-electron chi connectivity index (χ1n) is 5.16. The molecule has 0 atom stereocenters. The van der Waals surface area contributed by atoms with E-state index >= 15 is 0 Å². The van der Waals surface area contributed by atoms with Gasteiger partial charge in [0.2, 0.25) is 0 Å². The third-order valence-electron chi connectivity index (χ3n) is 2.99. The molecule has 16 heavy (non-hydrogen) atoms. The molecule has 0 spiro atoms. The Balaban J connectivity index is 2.25. The molecule has 1 fully saturated rings. The number of aromatic nitrogens is 1. The van der Waals surface area contributed by atoms with Gasteiger partial charge in [-0.15, -0.1) is 0 Å². The smallest absolute Gasteiger partial charge is 0.352 e. The molecule has 86 valence electrons.